The maximum Gasteiger partial charge on any atom is 0.272 e. The van der Waals surface area contributed by atoms with Crippen LogP contribution in [0.4, 0.5) is 5.13 Å². The van der Waals surface area contributed by atoms with Gasteiger partial charge in [0.1, 0.15) is 11.7 Å². The number of allylic oxidation sites excluding steroid dienone is 1. The fraction of sp³-hybridized carbons (Fsp3) is 0.393. The van der Waals surface area contributed by atoms with E-state index in [1.165, 1.54) is 11.3 Å². The molecule has 2 heterocycles. The Labute approximate surface area is 222 Å². The fourth-order valence-corrected chi connectivity index (χ4v) is 4.31. The molecule has 0 fully saturated rings. The van der Waals surface area contributed by atoms with Gasteiger partial charge in [-0.05, 0) is 58.7 Å². The average Bonchev–Trinajstić information content (AvgIpc) is 3.53. The van der Waals surface area contributed by atoms with Gasteiger partial charge < -0.3 is 10.6 Å². The quantitative estimate of drug-likeness (QED) is 0.322. The van der Waals surface area contributed by atoms with Crippen molar-refractivity contribution in [2.24, 2.45) is 0 Å². The third-order valence-corrected chi connectivity index (χ3v) is 6.50. The van der Waals surface area contributed by atoms with Crippen LogP contribution in [0.3, 0.4) is 0 Å². The lowest BCUT2D eigenvalue weighted by molar-refractivity contribution is -0.117. The molecular formula is C28H35N5O3S. The molecule has 0 saturated heterocycles. The van der Waals surface area contributed by atoms with Gasteiger partial charge in [-0.2, -0.15) is 5.10 Å². The van der Waals surface area contributed by atoms with Crippen LogP contribution in [0.15, 0.2) is 41.9 Å². The van der Waals surface area contributed by atoms with Crippen LogP contribution in [-0.2, 0) is 10.3 Å². The van der Waals surface area contributed by atoms with Crippen LogP contribution in [0.1, 0.15) is 87.2 Å². The van der Waals surface area contributed by atoms with Gasteiger partial charge >= 0.3 is 0 Å². The number of rotatable bonds is 10. The topological polar surface area (TPSA) is 106 Å². The van der Waals surface area contributed by atoms with Gasteiger partial charge in [0, 0.05) is 29.1 Å². The minimum atomic E-state index is -0.789. The van der Waals surface area contributed by atoms with Gasteiger partial charge in [0.15, 0.2) is 10.9 Å². The average molecular weight is 522 g/mol. The Morgan fingerprint density at radius 1 is 1.19 bits per heavy atom. The minimum Gasteiger partial charge on any atom is -0.339 e. The Balaban J connectivity index is 1.68. The molecule has 3 aromatic rings. The summed E-state index contributed by atoms with van der Waals surface area (Å²) in [5.74, 6) is -0.701. The number of hydrogen-bond acceptors (Lipinski definition) is 6. The van der Waals surface area contributed by atoms with Gasteiger partial charge in [-0.25, -0.2) is 4.98 Å². The second-order valence-electron chi connectivity index (χ2n) is 9.87. The number of hydrogen-bond donors (Lipinski definition) is 2. The normalized spacial score (nSPS) is 12.5. The Morgan fingerprint density at radius 2 is 1.95 bits per heavy atom. The summed E-state index contributed by atoms with van der Waals surface area (Å²) in [7, 11) is 0. The highest BCUT2D eigenvalue weighted by atomic mass is 32.1. The van der Waals surface area contributed by atoms with E-state index in [4.69, 9.17) is 0 Å². The summed E-state index contributed by atoms with van der Waals surface area (Å²) in [4.78, 5) is 42.6. The maximum atomic E-state index is 12.8. The minimum absolute atomic E-state index is 0.109. The van der Waals surface area contributed by atoms with Crippen molar-refractivity contribution in [3.63, 3.8) is 0 Å². The summed E-state index contributed by atoms with van der Waals surface area (Å²) < 4.78 is 1.71. The van der Waals surface area contributed by atoms with E-state index in [1.807, 2.05) is 63.4 Å². The highest BCUT2D eigenvalue weighted by Gasteiger charge is 2.22. The highest BCUT2D eigenvalue weighted by Crippen LogP contribution is 2.28. The molecule has 1 unspecified atom stereocenters. The molecule has 1 aromatic carbocycles. The zero-order valence-electron chi connectivity index (χ0n) is 22.3. The van der Waals surface area contributed by atoms with Gasteiger partial charge in [0.05, 0.1) is 11.2 Å². The van der Waals surface area contributed by atoms with Crippen LogP contribution in [0, 0.1) is 0 Å². The summed E-state index contributed by atoms with van der Waals surface area (Å²) in [5, 5.41) is 12.0. The number of anilines is 1. The summed E-state index contributed by atoms with van der Waals surface area (Å²) in [5.41, 5.74) is 3.03. The van der Waals surface area contributed by atoms with Gasteiger partial charge in [-0.3, -0.25) is 19.1 Å². The van der Waals surface area contributed by atoms with Crippen molar-refractivity contribution >= 4 is 40.1 Å². The van der Waals surface area contributed by atoms with Crippen LogP contribution in [0.2, 0.25) is 0 Å². The van der Waals surface area contributed by atoms with Crippen molar-refractivity contribution in [2.75, 3.05) is 5.32 Å². The third-order valence-electron chi connectivity index (χ3n) is 5.74. The van der Waals surface area contributed by atoms with Crippen molar-refractivity contribution < 1.29 is 14.4 Å². The van der Waals surface area contributed by atoms with E-state index in [1.54, 1.807) is 23.9 Å². The van der Waals surface area contributed by atoms with Crippen LogP contribution in [-0.4, -0.2) is 38.4 Å². The molecule has 0 aliphatic rings. The Hall–Kier alpha value is -3.59. The summed E-state index contributed by atoms with van der Waals surface area (Å²) >= 11 is 1.28. The lowest BCUT2D eigenvalue weighted by atomic mass is 9.96. The number of nitrogens with zero attached hydrogens (tertiary/aromatic N) is 3. The Kier molecular flexibility index (Phi) is 9.15. The molecule has 2 aromatic heterocycles. The number of benzene rings is 1. The van der Waals surface area contributed by atoms with Crippen LogP contribution >= 0.6 is 11.3 Å². The zero-order chi connectivity index (χ0) is 27.2. The first-order valence-electron chi connectivity index (χ1n) is 12.5. The predicted molar refractivity (Wildman–Crippen MR) is 149 cm³/mol. The number of carbonyl (C=O) groups excluding carboxylic acids is 3. The second-order valence-corrected chi connectivity index (χ2v) is 10.7. The van der Waals surface area contributed by atoms with Crippen molar-refractivity contribution in [3.8, 4) is 11.3 Å². The van der Waals surface area contributed by atoms with Gasteiger partial charge in [-0.1, -0.05) is 37.6 Å². The monoisotopic (exact) mass is 521 g/mol. The predicted octanol–water partition coefficient (Wildman–Crippen LogP) is 5.92. The number of thiazole rings is 1. The van der Waals surface area contributed by atoms with Crippen LogP contribution < -0.4 is 10.6 Å². The smallest absolute Gasteiger partial charge is 0.272 e. The molecule has 0 aliphatic heterocycles. The molecule has 3 rings (SSSR count). The maximum absolute atomic E-state index is 12.8. The lowest BCUT2D eigenvalue weighted by Gasteiger charge is -2.18. The second kappa shape index (κ2) is 12.1. The number of carbonyl (C=O) groups is 3. The molecule has 0 spiro atoms. The SMILES string of the molecule is C/C=C\c1ccc(-c2csc(NC(=O)C(C)NC(=O)c3ccn(C(C)(C)C)n3)n2)cc1C(=O)CCCC. The number of aromatic nitrogens is 3. The van der Waals surface area contributed by atoms with Gasteiger partial charge in [0.2, 0.25) is 5.91 Å². The summed E-state index contributed by atoms with van der Waals surface area (Å²) in [6, 6.07) is 6.55. The largest absolute Gasteiger partial charge is 0.339 e. The van der Waals surface area contributed by atoms with E-state index in [-0.39, 0.29) is 22.9 Å². The number of ketones is 1. The van der Waals surface area contributed by atoms with E-state index >= 15 is 0 Å². The van der Waals surface area contributed by atoms with Crippen molar-refractivity contribution in [1.29, 1.82) is 0 Å². The number of unbranched alkanes of at least 4 members (excludes halogenated alkanes) is 1. The summed E-state index contributed by atoms with van der Waals surface area (Å²) in [6.45, 7) is 11.6. The Bertz CT molecular complexity index is 1300. The van der Waals surface area contributed by atoms with Crippen LogP contribution in [0.25, 0.3) is 17.3 Å². The first-order chi connectivity index (χ1) is 17.5. The molecule has 0 bridgehead atoms. The molecule has 0 saturated carbocycles. The Morgan fingerprint density at radius 3 is 2.59 bits per heavy atom. The molecule has 8 nitrogen and oxygen atoms in total. The van der Waals surface area contributed by atoms with Crippen molar-refractivity contribution in [1.82, 2.24) is 20.1 Å². The van der Waals surface area contributed by atoms with E-state index < -0.39 is 11.9 Å². The van der Waals surface area contributed by atoms with Gasteiger partial charge in [-0.15, -0.1) is 11.3 Å². The molecule has 196 valence electrons. The number of nitrogens with one attached hydrogen (secondary N) is 2. The number of Topliss-reactive ketones (excluding diaryl/α,β-unsaturated/α-hetero) is 1. The van der Waals surface area contributed by atoms with Crippen molar-refractivity contribution in [2.45, 2.75) is 72.4 Å². The first kappa shape index (κ1) is 28.0. The van der Waals surface area contributed by atoms with E-state index in [9.17, 15) is 14.4 Å². The molecule has 9 heteroatoms. The summed E-state index contributed by atoms with van der Waals surface area (Å²) in [6.07, 6.45) is 7.89. The van der Waals surface area contributed by atoms with Crippen LogP contribution in [0.5, 0.6) is 0 Å². The molecule has 37 heavy (non-hydrogen) atoms. The molecule has 2 N–H and O–H groups in total. The molecule has 2 amide bonds. The molecule has 1 atom stereocenters. The highest BCUT2D eigenvalue weighted by molar-refractivity contribution is 7.14. The standard InChI is InChI=1S/C28H35N5O3S/c1-7-9-11-24(34)21-16-20(13-12-19(21)10-8-2)23-17-37-27(30-23)31-25(35)18(3)29-26(36)22-14-15-33(32-22)28(4,5)6/h8,10,12-18H,7,9,11H2,1-6H3,(H,29,36)(H,30,31,35)/b10-8-. The number of amides is 2. The van der Waals surface area contributed by atoms with E-state index in [0.29, 0.717) is 22.8 Å². The molecule has 0 aliphatic carbocycles. The van der Waals surface area contributed by atoms with Crippen molar-refractivity contribution in [3.05, 3.63) is 58.7 Å². The zero-order valence-corrected chi connectivity index (χ0v) is 23.1. The lowest BCUT2D eigenvalue weighted by Crippen LogP contribution is -2.41. The van der Waals surface area contributed by atoms with Gasteiger partial charge in [0.25, 0.3) is 5.91 Å². The fourth-order valence-electron chi connectivity index (χ4n) is 3.59. The first-order valence-corrected chi connectivity index (χ1v) is 13.3. The third kappa shape index (κ3) is 7.22. The van der Waals surface area contributed by atoms with E-state index in [2.05, 4.69) is 27.6 Å². The van der Waals surface area contributed by atoms with E-state index in [0.717, 1.165) is 24.0 Å². The molecule has 0 radical (unpaired) electrons. The molecular weight excluding hydrogens is 486 g/mol.